The molecule has 0 amide bonds. The highest BCUT2D eigenvalue weighted by atomic mass is 16.5. The van der Waals surface area contributed by atoms with Gasteiger partial charge in [0.1, 0.15) is 5.75 Å². The van der Waals surface area contributed by atoms with Gasteiger partial charge in [-0.2, -0.15) is 4.98 Å². The van der Waals surface area contributed by atoms with Crippen molar-refractivity contribution in [1.82, 2.24) is 20.8 Å². The predicted octanol–water partition coefficient (Wildman–Crippen LogP) is 2.04. The molecule has 0 radical (unpaired) electrons. The second kappa shape index (κ2) is 9.22. The van der Waals surface area contributed by atoms with E-state index in [-0.39, 0.29) is 0 Å². The van der Waals surface area contributed by atoms with Gasteiger partial charge in [0.2, 0.25) is 5.89 Å². The van der Waals surface area contributed by atoms with Crippen LogP contribution in [0.3, 0.4) is 0 Å². The molecule has 140 valence electrons. The Morgan fingerprint density at radius 1 is 1.27 bits per heavy atom. The maximum absolute atomic E-state index is 5.56. The summed E-state index contributed by atoms with van der Waals surface area (Å²) >= 11 is 0. The van der Waals surface area contributed by atoms with Crippen LogP contribution in [0, 0.1) is 6.92 Å². The van der Waals surface area contributed by atoms with Crippen molar-refractivity contribution >= 4 is 5.96 Å². The van der Waals surface area contributed by atoms with Gasteiger partial charge in [-0.05, 0) is 43.9 Å². The number of nitrogens with one attached hydrogen (secondary N) is 2. The summed E-state index contributed by atoms with van der Waals surface area (Å²) in [5.41, 5.74) is 2.64. The zero-order chi connectivity index (χ0) is 18.2. The molecule has 3 rings (SSSR count). The Hall–Kier alpha value is -2.57. The largest absolute Gasteiger partial charge is 0.493 e. The maximum Gasteiger partial charge on any atom is 0.226 e. The van der Waals surface area contributed by atoms with E-state index in [0.29, 0.717) is 18.3 Å². The van der Waals surface area contributed by atoms with Crippen LogP contribution in [0.15, 0.2) is 27.7 Å². The average Bonchev–Trinajstić information content (AvgIpc) is 3.27. The lowest BCUT2D eigenvalue weighted by Crippen LogP contribution is -2.38. The molecule has 0 spiro atoms. The van der Waals surface area contributed by atoms with Gasteiger partial charge in [-0.3, -0.25) is 4.99 Å². The number of nitrogens with zero attached hydrogens (tertiary/aromatic N) is 3. The number of aromatic nitrogens is 2. The number of hydrogen-bond acceptors (Lipinski definition) is 5. The monoisotopic (exact) mass is 357 g/mol. The molecule has 0 bridgehead atoms. The van der Waals surface area contributed by atoms with Crippen LogP contribution < -0.4 is 15.4 Å². The molecule has 0 fully saturated rings. The van der Waals surface area contributed by atoms with Crippen molar-refractivity contribution in [2.75, 3.05) is 26.2 Å². The molecule has 0 atom stereocenters. The van der Waals surface area contributed by atoms with E-state index < -0.39 is 0 Å². The van der Waals surface area contributed by atoms with Crippen LogP contribution in [0.5, 0.6) is 5.75 Å². The fraction of sp³-hybridized carbons (Fsp3) is 0.526. The van der Waals surface area contributed by atoms with E-state index in [2.05, 4.69) is 50.9 Å². The lowest BCUT2D eigenvalue weighted by atomic mass is 10.1. The minimum Gasteiger partial charge on any atom is -0.493 e. The van der Waals surface area contributed by atoms with E-state index >= 15 is 0 Å². The third kappa shape index (κ3) is 5.21. The van der Waals surface area contributed by atoms with E-state index in [0.717, 1.165) is 57.1 Å². The lowest BCUT2D eigenvalue weighted by Gasteiger charge is -2.11. The molecule has 0 aliphatic carbocycles. The molecule has 1 aromatic heterocycles. The minimum absolute atomic E-state index is 0.677. The zero-order valence-electron chi connectivity index (χ0n) is 15.5. The van der Waals surface area contributed by atoms with Gasteiger partial charge in [-0.15, -0.1) is 0 Å². The highest BCUT2D eigenvalue weighted by molar-refractivity contribution is 5.79. The smallest absolute Gasteiger partial charge is 0.226 e. The van der Waals surface area contributed by atoms with Crippen LogP contribution in [-0.2, 0) is 19.3 Å². The van der Waals surface area contributed by atoms with Crippen molar-refractivity contribution in [2.45, 2.75) is 39.5 Å². The van der Waals surface area contributed by atoms with E-state index in [9.17, 15) is 0 Å². The molecule has 2 N–H and O–H groups in total. The fourth-order valence-electron chi connectivity index (χ4n) is 2.93. The average molecular weight is 357 g/mol. The number of aliphatic imine (C=N–C) groups is 1. The fourth-order valence-corrected chi connectivity index (χ4v) is 2.93. The van der Waals surface area contributed by atoms with Crippen molar-refractivity contribution < 1.29 is 9.26 Å². The summed E-state index contributed by atoms with van der Waals surface area (Å²) in [5.74, 6) is 3.24. The molecule has 1 aliphatic heterocycles. The van der Waals surface area contributed by atoms with Gasteiger partial charge in [0.05, 0.1) is 6.61 Å². The molecule has 7 heteroatoms. The van der Waals surface area contributed by atoms with Crippen LogP contribution in [0.4, 0.5) is 0 Å². The highest BCUT2D eigenvalue weighted by Gasteiger charge is 2.11. The van der Waals surface area contributed by atoms with Crippen LogP contribution in [-0.4, -0.2) is 42.3 Å². The van der Waals surface area contributed by atoms with E-state index in [1.54, 1.807) is 0 Å². The molecule has 7 nitrogen and oxygen atoms in total. The Balaban J connectivity index is 1.42. The molecular weight excluding hydrogens is 330 g/mol. The molecule has 0 saturated heterocycles. The number of hydrogen-bond donors (Lipinski definition) is 2. The first-order valence-electron chi connectivity index (χ1n) is 9.30. The summed E-state index contributed by atoms with van der Waals surface area (Å²) in [6.45, 7) is 7.09. The predicted molar refractivity (Wildman–Crippen MR) is 101 cm³/mol. The number of benzene rings is 1. The molecule has 0 unspecified atom stereocenters. The van der Waals surface area contributed by atoms with Crippen LogP contribution in [0.25, 0.3) is 0 Å². The first-order valence-corrected chi connectivity index (χ1v) is 9.30. The molecular formula is C19H27N5O2. The van der Waals surface area contributed by atoms with Gasteiger partial charge in [0.25, 0.3) is 0 Å². The Morgan fingerprint density at radius 2 is 2.19 bits per heavy atom. The van der Waals surface area contributed by atoms with Gasteiger partial charge in [0, 0.05) is 32.5 Å². The Labute approximate surface area is 154 Å². The molecule has 1 aliphatic rings. The standard InChI is InChI=1S/C19H27N5O2/c1-3-20-19(21-10-4-5-18-23-14(2)24-26-18)22-11-8-15-6-7-17-16(13-15)9-12-25-17/h6-7,13H,3-5,8-12H2,1-2H3,(H2,20,21,22). The Bertz CT molecular complexity index is 741. The van der Waals surface area contributed by atoms with Crippen molar-refractivity contribution in [2.24, 2.45) is 4.99 Å². The summed E-state index contributed by atoms with van der Waals surface area (Å²) in [4.78, 5) is 8.81. The summed E-state index contributed by atoms with van der Waals surface area (Å²) in [7, 11) is 0. The number of fused-ring (bicyclic) bond motifs is 1. The summed E-state index contributed by atoms with van der Waals surface area (Å²) < 4.78 is 10.7. The topological polar surface area (TPSA) is 84.6 Å². The molecule has 26 heavy (non-hydrogen) atoms. The van der Waals surface area contributed by atoms with Gasteiger partial charge in [-0.25, -0.2) is 0 Å². The zero-order valence-corrected chi connectivity index (χ0v) is 15.5. The van der Waals surface area contributed by atoms with Crippen molar-refractivity contribution in [3.8, 4) is 5.75 Å². The van der Waals surface area contributed by atoms with Crippen LogP contribution in [0.1, 0.15) is 36.2 Å². The number of guanidine groups is 1. The van der Waals surface area contributed by atoms with E-state index in [1.165, 1.54) is 11.1 Å². The van der Waals surface area contributed by atoms with Crippen molar-refractivity contribution in [3.05, 3.63) is 41.0 Å². The highest BCUT2D eigenvalue weighted by Crippen LogP contribution is 2.25. The van der Waals surface area contributed by atoms with Crippen molar-refractivity contribution in [3.63, 3.8) is 0 Å². The van der Waals surface area contributed by atoms with Gasteiger partial charge < -0.3 is 19.9 Å². The lowest BCUT2D eigenvalue weighted by molar-refractivity contribution is 0.357. The molecule has 1 aromatic carbocycles. The Kier molecular flexibility index (Phi) is 6.46. The SMILES string of the molecule is CCNC(=NCCCc1nc(C)no1)NCCc1ccc2c(c1)CCO2. The summed E-state index contributed by atoms with van der Waals surface area (Å²) in [6.07, 6.45) is 3.60. The number of ether oxygens (including phenoxy) is 1. The summed E-state index contributed by atoms with van der Waals surface area (Å²) in [6, 6.07) is 6.47. The maximum atomic E-state index is 5.56. The Morgan fingerprint density at radius 3 is 3.00 bits per heavy atom. The van der Waals surface area contributed by atoms with E-state index in [4.69, 9.17) is 9.26 Å². The third-order valence-electron chi connectivity index (χ3n) is 4.19. The molecule has 2 heterocycles. The van der Waals surface area contributed by atoms with Gasteiger partial charge in [0.15, 0.2) is 11.8 Å². The van der Waals surface area contributed by atoms with Gasteiger partial charge in [-0.1, -0.05) is 17.3 Å². The van der Waals surface area contributed by atoms with Crippen LogP contribution in [0.2, 0.25) is 0 Å². The quantitative estimate of drug-likeness (QED) is 0.427. The normalized spacial score (nSPS) is 13.4. The number of aryl methyl sites for hydroxylation is 2. The summed E-state index contributed by atoms with van der Waals surface area (Å²) in [5, 5.41) is 10.5. The minimum atomic E-state index is 0.677. The number of rotatable bonds is 8. The van der Waals surface area contributed by atoms with Gasteiger partial charge >= 0.3 is 0 Å². The van der Waals surface area contributed by atoms with E-state index in [1.807, 2.05) is 6.92 Å². The second-order valence-corrected chi connectivity index (χ2v) is 6.32. The third-order valence-corrected chi connectivity index (χ3v) is 4.19. The first-order chi connectivity index (χ1) is 12.7. The van der Waals surface area contributed by atoms with Crippen molar-refractivity contribution in [1.29, 1.82) is 0 Å². The molecule has 0 saturated carbocycles. The first kappa shape index (κ1) is 18.2. The van der Waals surface area contributed by atoms with Crippen LogP contribution >= 0.6 is 0 Å². The molecule has 2 aromatic rings. The second-order valence-electron chi connectivity index (χ2n) is 6.32.